The van der Waals surface area contributed by atoms with Gasteiger partial charge < -0.3 is 30.6 Å². The minimum atomic E-state index is -1.26. The first-order valence-corrected chi connectivity index (χ1v) is 6.66. The molecule has 0 saturated carbocycles. The van der Waals surface area contributed by atoms with Gasteiger partial charge in [0.2, 0.25) is 0 Å². The van der Waals surface area contributed by atoms with E-state index in [2.05, 4.69) is 0 Å². The zero-order valence-electron chi connectivity index (χ0n) is 12.9. The predicted molar refractivity (Wildman–Crippen MR) is 81.5 cm³/mol. The highest BCUT2D eigenvalue weighted by atomic mass is 16.4. The highest BCUT2D eigenvalue weighted by Crippen LogP contribution is 1.96. The van der Waals surface area contributed by atoms with Crippen molar-refractivity contribution in [3.05, 3.63) is 24.3 Å². The van der Waals surface area contributed by atoms with Crippen molar-refractivity contribution >= 4 is 23.9 Å². The second kappa shape index (κ2) is 20.3. The van der Waals surface area contributed by atoms with Gasteiger partial charge in [0.25, 0.3) is 0 Å². The minimum absolute atomic E-state index is 0.283. The highest BCUT2D eigenvalue weighted by molar-refractivity contribution is 5.90. The van der Waals surface area contributed by atoms with Crippen LogP contribution >= 0.6 is 0 Å². The van der Waals surface area contributed by atoms with E-state index in [-0.39, 0.29) is 13.2 Å². The Morgan fingerprint density at radius 2 is 0.708 bits per heavy atom. The van der Waals surface area contributed by atoms with E-state index in [1.165, 1.54) is 0 Å². The monoisotopic (exact) mass is 350 g/mol. The first-order chi connectivity index (χ1) is 11.2. The average Bonchev–Trinajstić information content (AvgIpc) is 2.49. The van der Waals surface area contributed by atoms with Crippen molar-refractivity contribution in [3.63, 3.8) is 0 Å². The minimum Gasteiger partial charge on any atom is -0.478 e. The molecule has 0 amide bonds. The third-order valence-electron chi connectivity index (χ3n) is 1.80. The van der Waals surface area contributed by atoms with Gasteiger partial charge >= 0.3 is 23.9 Å². The Balaban J connectivity index is -0.000000276. The van der Waals surface area contributed by atoms with Crippen molar-refractivity contribution in [3.8, 4) is 0 Å². The van der Waals surface area contributed by atoms with E-state index < -0.39 is 23.9 Å². The summed E-state index contributed by atoms with van der Waals surface area (Å²) in [6, 6.07) is 0. The number of carbonyl (C=O) groups is 4. The molecule has 0 atom stereocenters. The first kappa shape index (κ1) is 26.2. The van der Waals surface area contributed by atoms with Gasteiger partial charge in [-0.15, -0.1) is 0 Å². The third kappa shape index (κ3) is 42.7. The van der Waals surface area contributed by atoms with Crippen molar-refractivity contribution in [1.29, 1.82) is 0 Å². The van der Waals surface area contributed by atoms with E-state index in [1.54, 1.807) is 0 Å². The van der Waals surface area contributed by atoms with Gasteiger partial charge in [0.05, 0.1) is 0 Å². The SMILES string of the molecule is O=C(O)/C=C\C(=O)O.O=C(O)/C=C\C(=O)O.OCCCCCCO. The van der Waals surface area contributed by atoms with E-state index in [0.29, 0.717) is 24.3 Å². The van der Waals surface area contributed by atoms with Gasteiger partial charge in [-0.1, -0.05) is 12.8 Å². The molecule has 0 aliphatic heterocycles. The summed E-state index contributed by atoms with van der Waals surface area (Å²) in [7, 11) is 0. The summed E-state index contributed by atoms with van der Waals surface area (Å²) < 4.78 is 0. The number of carboxylic acids is 4. The summed E-state index contributed by atoms with van der Waals surface area (Å²) in [6.45, 7) is 0.566. The van der Waals surface area contributed by atoms with Crippen LogP contribution in [0.2, 0.25) is 0 Å². The fraction of sp³-hybridized carbons (Fsp3) is 0.429. The maximum absolute atomic E-state index is 9.55. The molecule has 0 saturated heterocycles. The van der Waals surface area contributed by atoms with Crippen molar-refractivity contribution in [2.75, 3.05) is 13.2 Å². The Labute approximate surface area is 138 Å². The van der Waals surface area contributed by atoms with Crippen molar-refractivity contribution in [2.45, 2.75) is 25.7 Å². The Bertz CT molecular complexity index is 353. The molecule has 0 rings (SSSR count). The van der Waals surface area contributed by atoms with Crippen LogP contribution in [0.4, 0.5) is 0 Å². The van der Waals surface area contributed by atoms with Crippen LogP contribution in [0, 0.1) is 0 Å². The fourth-order valence-electron chi connectivity index (χ4n) is 0.862. The molecular formula is C14H22O10. The molecule has 0 aliphatic rings. The lowest BCUT2D eigenvalue weighted by Gasteiger charge is -1.93. The van der Waals surface area contributed by atoms with Gasteiger partial charge in [-0.2, -0.15) is 0 Å². The first-order valence-electron chi connectivity index (χ1n) is 6.66. The summed E-state index contributed by atoms with van der Waals surface area (Å²) in [6.07, 6.45) is 6.06. The van der Waals surface area contributed by atoms with E-state index >= 15 is 0 Å². The number of unbranched alkanes of at least 4 members (excludes halogenated alkanes) is 3. The zero-order valence-corrected chi connectivity index (χ0v) is 12.9. The fourth-order valence-corrected chi connectivity index (χ4v) is 0.862. The summed E-state index contributed by atoms with van der Waals surface area (Å²) in [4.78, 5) is 38.2. The summed E-state index contributed by atoms with van der Waals surface area (Å²) in [5.74, 6) is -5.03. The summed E-state index contributed by atoms with van der Waals surface area (Å²) >= 11 is 0. The smallest absolute Gasteiger partial charge is 0.328 e. The molecule has 0 aliphatic carbocycles. The van der Waals surface area contributed by atoms with Gasteiger partial charge in [-0.05, 0) is 12.8 Å². The number of carboxylic acid groups (broad SMARTS) is 4. The maximum Gasteiger partial charge on any atom is 0.328 e. The van der Waals surface area contributed by atoms with Gasteiger partial charge in [-0.25, -0.2) is 19.2 Å². The number of aliphatic hydroxyl groups is 2. The maximum atomic E-state index is 9.55. The van der Waals surface area contributed by atoms with Crippen LogP contribution in [0.25, 0.3) is 0 Å². The number of hydrogen-bond acceptors (Lipinski definition) is 6. The number of hydrogen-bond donors (Lipinski definition) is 6. The molecular weight excluding hydrogens is 328 g/mol. The van der Waals surface area contributed by atoms with Gasteiger partial charge in [-0.3, -0.25) is 0 Å². The van der Waals surface area contributed by atoms with Crippen LogP contribution < -0.4 is 0 Å². The molecule has 0 bridgehead atoms. The molecule has 6 N–H and O–H groups in total. The molecule has 0 radical (unpaired) electrons. The Morgan fingerprint density at radius 3 is 0.833 bits per heavy atom. The van der Waals surface area contributed by atoms with Gasteiger partial charge in [0.1, 0.15) is 0 Å². The second-order valence-electron chi connectivity index (χ2n) is 3.88. The van der Waals surface area contributed by atoms with Crippen molar-refractivity contribution in [2.24, 2.45) is 0 Å². The van der Waals surface area contributed by atoms with E-state index in [1.807, 2.05) is 0 Å². The van der Waals surface area contributed by atoms with Gasteiger partial charge in [0.15, 0.2) is 0 Å². The standard InChI is InChI=1S/C6H14O2.2C4H4O4/c7-5-3-1-2-4-6-8;2*5-3(6)1-2-4(7)8/h7-8H,1-6H2;2*1-2H,(H,5,6)(H,7,8)/b;2*2-1-. The molecule has 138 valence electrons. The highest BCUT2D eigenvalue weighted by Gasteiger charge is 1.88. The van der Waals surface area contributed by atoms with Crippen LogP contribution in [0.15, 0.2) is 24.3 Å². The number of aliphatic hydroxyl groups excluding tert-OH is 2. The predicted octanol–water partition coefficient (Wildman–Crippen LogP) is -0.0450. The number of rotatable bonds is 9. The van der Waals surface area contributed by atoms with Crippen LogP contribution in [-0.4, -0.2) is 67.7 Å². The van der Waals surface area contributed by atoms with Gasteiger partial charge in [0, 0.05) is 37.5 Å². The van der Waals surface area contributed by atoms with E-state index in [0.717, 1.165) is 25.7 Å². The second-order valence-corrected chi connectivity index (χ2v) is 3.88. The lowest BCUT2D eigenvalue weighted by Crippen LogP contribution is -1.91. The van der Waals surface area contributed by atoms with Crippen molar-refractivity contribution in [1.82, 2.24) is 0 Å². The molecule has 0 aromatic rings. The van der Waals surface area contributed by atoms with E-state index in [4.69, 9.17) is 30.6 Å². The van der Waals surface area contributed by atoms with Crippen LogP contribution in [0.3, 0.4) is 0 Å². The molecule has 0 spiro atoms. The molecule has 0 fully saturated rings. The molecule has 0 heterocycles. The lowest BCUT2D eigenvalue weighted by molar-refractivity contribution is -0.134. The molecule has 10 nitrogen and oxygen atoms in total. The Hall–Kier alpha value is -2.72. The molecule has 0 aromatic heterocycles. The molecule has 0 aromatic carbocycles. The Kier molecular flexibility index (Phi) is 22.1. The molecule has 0 unspecified atom stereocenters. The molecule has 10 heteroatoms. The normalized spacial score (nSPS) is 9.58. The van der Waals surface area contributed by atoms with Crippen LogP contribution in [-0.2, 0) is 19.2 Å². The quantitative estimate of drug-likeness (QED) is 0.243. The lowest BCUT2D eigenvalue weighted by atomic mass is 10.2. The number of aliphatic carboxylic acids is 4. The Morgan fingerprint density at radius 1 is 0.500 bits per heavy atom. The zero-order chi connectivity index (χ0) is 19.4. The van der Waals surface area contributed by atoms with E-state index in [9.17, 15) is 19.2 Å². The average molecular weight is 350 g/mol. The van der Waals surface area contributed by atoms with Crippen LogP contribution in [0.5, 0.6) is 0 Å². The summed E-state index contributed by atoms with van der Waals surface area (Å²) in [5, 5.41) is 47.9. The topological polar surface area (TPSA) is 190 Å². The van der Waals surface area contributed by atoms with Crippen LogP contribution in [0.1, 0.15) is 25.7 Å². The molecule has 24 heavy (non-hydrogen) atoms. The summed E-state index contributed by atoms with van der Waals surface area (Å²) in [5.41, 5.74) is 0. The van der Waals surface area contributed by atoms with Crippen molar-refractivity contribution < 1.29 is 49.8 Å². The largest absolute Gasteiger partial charge is 0.478 e. The third-order valence-corrected chi connectivity index (χ3v) is 1.80.